The minimum absolute atomic E-state index is 0.261. The second kappa shape index (κ2) is 5.69. The Hall–Kier alpha value is -1.81. The monoisotopic (exact) mass is 248 g/mol. The molecular weight excluding hydrogens is 234 g/mol. The molecule has 1 heterocycles. The summed E-state index contributed by atoms with van der Waals surface area (Å²) >= 11 is 0. The predicted octanol–water partition coefficient (Wildman–Crippen LogP) is 2.86. The molecule has 94 valence electrons. The molecule has 2 aromatic rings. The highest BCUT2D eigenvalue weighted by molar-refractivity contribution is 5.25. The maximum absolute atomic E-state index is 13.7. The number of hydrogen-bond acceptors (Lipinski definition) is 2. The number of benzene rings is 1. The largest absolute Gasteiger partial charge is 0.313 e. The third kappa shape index (κ3) is 2.71. The molecule has 18 heavy (non-hydrogen) atoms. The summed E-state index contributed by atoms with van der Waals surface area (Å²) in [6, 6.07) is 7.70. The highest BCUT2D eigenvalue weighted by atomic mass is 19.2. The lowest BCUT2D eigenvalue weighted by Crippen LogP contribution is -2.20. The van der Waals surface area contributed by atoms with Crippen LogP contribution in [-0.4, -0.2) is 12.0 Å². The number of hydrogen-bond donors (Lipinski definition) is 1. The van der Waals surface area contributed by atoms with Gasteiger partial charge >= 0.3 is 0 Å². The van der Waals surface area contributed by atoms with Crippen LogP contribution < -0.4 is 5.32 Å². The number of rotatable bonds is 4. The van der Waals surface area contributed by atoms with Crippen molar-refractivity contribution in [1.29, 1.82) is 0 Å². The molecule has 0 aliphatic carbocycles. The van der Waals surface area contributed by atoms with Crippen LogP contribution in [0.1, 0.15) is 17.2 Å². The topological polar surface area (TPSA) is 24.9 Å². The quantitative estimate of drug-likeness (QED) is 0.900. The van der Waals surface area contributed by atoms with Gasteiger partial charge in [-0.25, -0.2) is 8.78 Å². The minimum atomic E-state index is -0.817. The molecule has 0 spiro atoms. The highest BCUT2D eigenvalue weighted by Crippen LogP contribution is 2.22. The lowest BCUT2D eigenvalue weighted by molar-refractivity contribution is 0.473. The molecule has 0 bridgehead atoms. The third-order valence-corrected chi connectivity index (χ3v) is 2.89. The number of nitrogens with one attached hydrogen (secondary N) is 1. The van der Waals surface area contributed by atoms with Crippen LogP contribution in [-0.2, 0) is 6.42 Å². The Balaban J connectivity index is 2.26. The van der Waals surface area contributed by atoms with Crippen molar-refractivity contribution in [2.45, 2.75) is 12.5 Å². The Morgan fingerprint density at radius 2 is 1.89 bits per heavy atom. The zero-order chi connectivity index (χ0) is 13.0. The molecule has 0 fully saturated rings. The van der Waals surface area contributed by atoms with Gasteiger partial charge in [0.25, 0.3) is 0 Å². The van der Waals surface area contributed by atoms with Gasteiger partial charge in [-0.05, 0) is 37.2 Å². The predicted molar refractivity (Wildman–Crippen MR) is 66.1 cm³/mol. The van der Waals surface area contributed by atoms with Crippen LogP contribution >= 0.6 is 0 Å². The van der Waals surface area contributed by atoms with E-state index in [-0.39, 0.29) is 6.04 Å². The molecule has 1 N–H and O–H groups in total. The van der Waals surface area contributed by atoms with E-state index in [2.05, 4.69) is 10.3 Å². The Labute approximate surface area is 105 Å². The number of pyridine rings is 1. The molecule has 2 nitrogen and oxygen atoms in total. The zero-order valence-electron chi connectivity index (χ0n) is 10.0. The van der Waals surface area contributed by atoms with E-state index >= 15 is 0 Å². The minimum Gasteiger partial charge on any atom is -0.313 e. The molecule has 1 aromatic carbocycles. The lowest BCUT2D eigenvalue weighted by atomic mass is 9.99. The summed E-state index contributed by atoms with van der Waals surface area (Å²) in [6.45, 7) is 0. The first-order valence-corrected chi connectivity index (χ1v) is 5.72. The molecule has 0 saturated carbocycles. The third-order valence-electron chi connectivity index (χ3n) is 2.89. The molecule has 0 radical (unpaired) electrons. The fourth-order valence-corrected chi connectivity index (χ4v) is 1.91. The number of halogens is 2. The summed E-state index contributed by atoms with van der Waals surface area (Å²) in [5.74, 6) is -1.60. The second-order valence-corrected chi connectivity index (χ2v) is 4.04. The first-order chi connectivity index (χ1) is 8.72. The molecule has 0 amide bonds. The van der Waals surface area contributed by atoms with Crippen molar-refractivity contribution < 1.29 is 8.78 Å². The van der Waals surface area contributed by atoms with Crippen molar-refractivity contribution in [1.82, 2.24) is 10.3 Å². The molecule has 2 rings (SSSR count). The van der Waals surface area contributed by atoms with Crippen LogP contribution in [0.15, 0.2) is 42.7 Å². The van der Waals surface area contributed by atoms with Crippen LogP contribution in [0.5, 0.6) is 0 Å². The van der Waals surface area contributed by atoms with Gasteiger partial charge in [-0.15, -0.1) is 0 Å². The summed E-state index contributed by atoms with van der Waals surface area (Å²) in [7, 11) is 1.73. The van der Waals surface area contributed by atoms with Gasteiger partial charge in [0, 0.05) is 24.0 Å². The Morgan fingerprint density at radius 1 is 1.17 bits per heavy atom. The molecule has 0 aliphatic rings. The molecule has 0 aliphatic heterocycles. The fraction of sp³-hybridized carbons (Fsp3) is 0.214. The van der Waals surface area contributed by atoms with E-state index in [9.17, 15) is 8.78 Å². The van der Waals surface area contributed by atoms with Crippen LogP contribution in [0.2, 0.25) is 0 Å². The molecule has 1 aromatic heterocycles. The Bertz CT molecular complexity index is 514. The van der Waals surface area contributed by atoms with Gasteiger partial charge in [0.2, 0.25) is 0 Å². The molecule has 4 heteroatoms. The van der Waals surface area contributed by atoms with Crippen molar-refractivity contribution in [3.8, 4) is 0 Å². The Kier molecular flexibility index (Phi) is 3.99. The van der Waals surface area contributed by atoms with Crippen LogP contribution in [0.3, 0.4) is 0 Å². The molecule has 0 saturated heterocycles. The number of nitrogens with zero attached hydrogens (tertiary/aromatic N) is 1. The summed E-state index contributed by atoms with van der Waals surface area (Å²) in [6.07, 6.45) is 3.95. The normalized spacial score (nSPS) is 12.4. The van der Waals surface area contributed by atoms with Gasteiger partial charge in [-0.2, -0.15) is 0 Å². The van der Waals surface area contributed by atoms with Gasteiger partial charge in [-0.3, -0.25) is 4.98 Å². The fourth-order valence-electron chi connectivity index (χ4n) is 1.91. The van der Waals surface area contributed by atoms with E-state index in [1.54, 1.807) is 25.5 Å². The van der Waals surface area contributed by atoms with Crippen molar-refractivity contribution in [3.63, 3.8) is 0 Å². The van der Waals surface area contributed by atoms with E-state index in [1.165, 1.54) is 6.07 Å². The average molecular weight is 248 g/mol. The van der Waals surface area contributed by atoms with Gasteiger partial charge in [0.15, 0.2) is 11.6 Å². The average Bonchev–Trinajstić information content (AvgIpc) is 2.41. The molecule has 1 atom stereocenters. The van der Waals surface area contributed by atoms with Gasteiger partial charge < -0.3 is 5.32 Å². The SMILES string of the molecule is CNC(Cc1ccncc1)c1cccc(F)c1F. The first-order valence-electron chi connectivity index (χ1n) is 5.72. The highest BCUT2D eigenvalue weighted by Gasteiger charge is 2.16. The van der Waals surface area contributed by atoms with E-state index in [0.717, 1.165) is 11.6 Å². The van der Waals surface area contributed by atoms with Crippen LogP contribution in [0, 0.1) is 11.6 Å². The number of aromatic nitrogens is 1. The Morgan fingerprint density at radius 3 is 2.56 bits per heavy atom. The van der Waals surface area contributed by atoms with E-state index in [4.69, 9.17) is 0 Å². The van der Waals surface area contributed by atoms with Gasteiger partial charge in [0.1, 0.15) is 0 Å². The zero-order valence-corrected chi connectivity index (χ0v) is 10.0. The second-order valence-electron chi connectivity index (χ2n) is 4.04. The van der Waals surface area contributed by atoms with Crippen molar-refractivity contribution >= 4 is 0 Å². The maximum Gasteiger partial charge on any atom is 0.163 e. The first kappa shape index (κ1) is 12.6. The summed E-state index contributed by atoms with van der Waals surface area (Å²) in [5.41, 5.74) is 1.36. The smallest absolute Gasteiger partial charge is 0.163 e. The molecule has 1 unspecified atom stereocenters. The van der Waals surface area contributed by atoms with Gasteiger partial charge in [0.05, 0.1) is 0 Å². The standard InChI is InChI=1S/C14H14F2N2/c1-17-13(9-10-5-7-18-8-6-10)11-3-2-4-12(15)14(11)16/h2-8,13,17H,9H2,1H3. The van der Waals surface area contributed by atoms with Gasteiger partial charge in [-0.1, -0.05) is 12.1 Å². The van der Waals surface area contributed by atoms with Crippen molar-refractivity contribution in [2.75, 3.05) is 7.05 Å². The van der Waals surface area contributed by atoms with Crippen LogP contribution in [0.25, 0.3) is 0 Å². The van der Waals surface area contributed by atoms with E-state index < -0.39 is 11.6 Å². The van der Waals surface area contributed by atoms with E-state index in [1.807, 2.05) is 12.1 Å². The van der Waals surface area contributed by atoms with Crippen molar-refractivity contribution in [2.24, 2.45) is 0 Å². The summed E-state index contributed by atoms with van der Waals surface area (Å²) in [5, 5.41) is 3.01. The summed E-state index contributed by atoms with van der Waals surface area (Å²) in [4.78, 5) is 3.93. The number of likely N-dealkylation sites (N-methyl/N-ethyl adjacent to an activating group) is 1. The molecular formula is C14H14F2N2. The lowest BCUT2D eigenvalue weighted by Gasteiger charge is -2.17. The van der Waals surface area contributed by atoms with Crippen molar-refractivity contribution in [3.05, 3.63) is 65.5 Å². The van der Waals surface area contributed by atoms with E-state index in [0.29, 0.717) is 12.0 Å². The van der Waals surface area contributed by atoms with Crippen LogP contribution in [0.4, 0.5) is 8.78 Å². The maximum atomic E-state index is 13.7. The summed E-state index contributed by atoms with van der Waals surface area (Å²) < 4.78 is 26.9.